The average Bonchev–Trinajstić information content (AvgIpc) is 3.61. The van der Waals surface area contributed by atoms with E-state index in [0.29, 0.717) is 17.5 Å². The molecule has 5 rings (SSSR count). The van der Waals surface area contributed by atoms with Crippen LogP contribution in [-0.2, 0) is 17.8 Å². The monoisotopic (exact) mass is 491 g/mol. The van der Waals surface area contributed by atoms with Crippen LogP contribution in [0.15, 0.2) is 82.1 Å². The second kappa shape index (κ2) is 10.1. The van der Waals surface area contributed by atoms with Gasteiger partial charge < -0.3 is 4.42 Å². The van der Waals surface area contributed by atoms with Gasteiger partial charge in [-0.15, -0.1) is 21.5 Å². The number of hydrogen-bond acceptors (Lipinski definition) is 8. The van der Waals surface area contributed by atoms with Gasteiger partial charge in [0.05, 0.1) is 30.7 Å². The third-order valence-electron chi connectivity index (χ3n) is 4.93. The van der Waals surface area contributed by atoms with Crippen molar-refractivity contribution < 1.29 is 13.6 Å². The number of hydrogen-bond donors (Lipinski definition) is 0. The van der Waals surface area contributed by atoms with Crippen molar-refractivity contribution in [2.24, 2.45) is 0 Å². The van der Waals surface area contributed by atoms with E-state index in [1.54, 1.807) is 30.8 Å². The van der Waals surface area contributed by atoms with Gasteiger partial charge >= 0.3 is 0 Å². The van der Waals surface area contributed by atoms with Crippen LogP contribution in [0.1, 0.15) is 10.8 Å². The summed E-state index contributed by atoms with van der Waals surface area (Å²) in [7, 11) is 0. The van der Waals surface area contributed by atoms with E-state index in [0.717, 1.165) is 27.6 Å². The summed E-state index contributed by atoms with van der Waals surface area (Å²) in [5.74, 6) is 1.38. The Bertz CT molecular complexity index is 1380. The maximum Gasteiger partial charge on any atom is 0.192 e. The number of ketones is 1. The van der Waals surface area contributed by atoms with Gasteiger partial charge in [-0.1, -0.05) is 11.8 Å². The van der Waals surface area contributed by atoms with Crippen LogP contribution in [0.5, 0.6) is 0 Å². The number of pyridine rings is 1. The Hall–Kier alpha value is -3.63. The molecule has 0 spiro atoms. The number of nitrogens with zero attached hydrogens (tertiary/aromatic N) is 5. The predicted molar refractivity (Wildman–Crippen MR) is 128 cm³/mol. The molecule has 0 N–H and O–H groups in total. The lowest BCUT2D eigenvalue weighted by Gasteiger charge is -2.08. The van der Waals surface area contributed by atoms with Crippen LogP contribution in [-0.4, -0.2) is 36.3 Å². The Morgan fingerprint density at radius 3 is 2.74 bits per heavy atom. The molecule has 4 aromatic heterocycles. The highest BCUT2D eigenvalue weighted by atomic mass is 32.2. The summed E-state index contributed by atoms with van der Waals surface area (Å²) in [5.41, 5.74) is 2.38. The Morgan fingerprint density at radius 1 is 1.09 bits per heavy atom. The number of thiazole rings is 1. The molecule has 0 atom stereocenters. The van der Waals surface area contributed by atoms with Gasteiger partial charge in [-0.2, -0.15) is 0 Å². The molecule has 170 valence electrons. The molecule has 0 unspecified atom stereocenters. The van der Waals surface area contributed by atoms with Crippen LogP contribution >= 0.6 is 23.1 Å². The van der Waals surface area contributed by atoms with Gasteiger partial charge in [0.2, 0.25) is 0 Å². The number of benzene rings is 1. The number of thioether (sulfide) groups is 1. The first-order valence-corrected chi connectivity index (χ1v) is 12.2. The second-order valence-corrected chi connectivity index (χ2v) is 9.24. The first kappa shape index (κ1) is 22.2. The van der Waals surface area contributed by atoms with E-state index in [1.807, 2.05) is 34.2 Å². The summed E-state index contributed by atoms with van der Waals surface area (Å²) in [6, 6.07) is 13.6. The van der Waals surface area contributed by atoms with E-state index in [2.05, 4.69) is 20.2 Å². The third kappa shape index (κ3) is 5.13. The van der Waals surface area contributed by atoms with Crippen LogP contribution in [0.4, 0.5) is 4.39 Å². The standard InChI is InChI=1S/C24H18FN5O2S2/c25-18-7-5-16(6-8-18)21-15-33-22(27-21)11-19(31)14-34-24-29-28-23(17-3-1-9-26-12-17)30(24)13-20-4-2-10-32-20/h1-10,12,15H,11,13-14H2. The summed E-state index contributed by atoms with van der Waals surface area (Å²) in [5, 5.41) is 11.9. The highest BCUT2D eigenvalue weighted by molar-refractivity contribution is 7.99. The van der Waals surface area contributed by atoms with Crippen molar-refractivity contribution >= 4 is 28.9 Å². The molecule has 4 heterocycles. The van der Waals surface area contributed by atoms with E-state index in [4.69, 9.17) is 4.42 Å². The maximum absolute atomic E-state index is 13.2. The van der Waals surface area contributed by atoms with Crippen molar-refractivity contribution in [2.45, 2.75) is 18.1 Å². The van der Waals surface area contributed by atoms with E-state index < -0.39 is 0 Å². The zero-order chi connectivity index (χ0) is 23.3. The van der Waals surface area contributed by atoms with Gasteiger partial charge in [-0.05, 0) is 48.5 Å². The topological polar surface area (TPSA) is 86.7 Å². The Morgan fingerprint density at radius 2 is 1.97 bits per heavy atom. The summed E-state index contributed by atoms with van der Waals surface area (Å²) in [6.45, 7) is 0.439. The fourth-order valence-electron chi connectivity index (χ4n) is 3.32. The van der Waals surface area contributed by atoms with Gasteiger partial charge in [0.1, 0.15) is 22.4 Å². The maximum atomic E-state index is 13.2. The lowest BCUT2D eigenvalue weighted by Crippen LogP contribution is -2.08. The molecule has 0 bridgehead atoms. The average molecular weight is 492 g/mol. The lowest BCUT2D eigenvalue weighted by atomic mass is 10.2. The van der Waals surface area contributed by atoms with Crippen LogP contribution in [0.3, 0.4) is 0 Å². The Balaban J connectivity index is 1.28. The number of rotatable bonds is 9. The van der Waals surface area contributed by atoms with Crippen molar-refractivity contribution in [2.75, 3.05) is 5.75 Å². The number of furan rings is 1. The smallest absolute Gasteiger partial charge is 0.192 e. The minimum Gasteiger partial charge on any atom is -0.467 e. The molecule has 0 fully saturated rings. The van der Waals surface area contributed by atoms with Crippen LogP contribution in [0.25, 0.3) is 22.6 Å². The summed E-state index contributed by atoms with van der Waals surface area (Å²) >= 11 is 2.75. The molecular weight excluding hydrogens is 473 g/mol. The van der Waals surface area contributed by atoms with E-state index in [9.17, 15) is 9.18 Å². The summed E-state index contributed by atoms with van der Waals surface area (Å²) in [6.07, 6.45) is 5.27. The van der Waals surface area contributed by atoms with E-state index in [-0.39, 0.29) is 23.8 Å². The number of aromatic nitrogens is 5. The van der Waals surface area contributed by atoms with Crippen molar-refractivity contribution in [3.05, 3.63) is 89.2 Å². The molecule has 0 aliphatic carbocycles. The summed E-state index contributed by atoms with van der Waals surface area (Å²) in [4.78, 5) is 21.4. The Labute approximate surface area is 202 Å². The molecule has 0 radical (unpaired) electrons. The van der Waals surface area contributed by atoms with Gasteiger partial charge in [0, 0.05) is 28.9 Å². The molecule has 0 aliphatic rings. The minimum absolute atomic E-state index is 0.0282. The molecule has 1 aromatic carbocycles. The normalized spacial score (nSPS) is 11.1. The zero-order valence-electron chi connectivity index (χ0n) is 17.8. The van der Waals surface area contributed by atoms with Gasteiger partial charge in [-0.25, -0.2) is 9.37 Å². The molecule has 0 amide bonds. The SMILES string of the molecule is O=C(CSc1nnc(-c2cccnc2)n1Cc1ccco1)Cc1nc(-c2ccc(F)cc2)cs1. The predicted octanol–water partition coefficient (Wildman–Crippen LogP) is 5.15. The third-order valence-corrected chi connectivity index (χ3v) is 6.81. The zero-order valence-corrected chi connectivity index (χ0v) is 19.4. The van der Waals surface area contributed by atoms with Gasteiger partial charge in [0.15, 0.2) is 11.0 Å². The first-order valence-electron chi connectivity index (χ1n) is 10.4. The number of Topliss-reactive ketones (excluding diaryl/α,β-unsaturated/α-hetero) is 1. The fourth-order valence-corrected chi connectivity index (χ4v) is 4.94. The quantitative estimate of drug-likeness (QED) is 0.264. The highest BCUT2D eigenvalue weighted by Gasteiger charge is 2.18. The van der Waals surface area contributed by atoms with Gasteiger partial charge in [0.25, 0.3) is 0 Å². The lowest BCUT2D eigenvalue weighted by molar-refractivity contribution is -0.116. The molecular formula is C24H18FN5O2S2. The van der Waals surface area contributed by atoms with Crippen molar-refractivity contribution in [3.8, 4) is 22.6 Å². The molecule has 10 heteroatoms. The first-order chi connectivity index (χ1) is 16.7. The second-order valence-electron chi connectivity index (χ2n) is 7.35. The fraction of sp³-hybridized carbons (Fsp3) is 0.125. The number of carbonyl (C=O) groups excluding carboxylic acids is 1. The van der Waals surface area contributed by atoms with E-state index in [1.165, 1.54) is 35.2 Å². The van der Waals surface area contributed by atoms with Crippen LogP contribution in [0.2, 0.25) is 0 Å². The highest BCUT2D eigenvalue weighted by Crippen LogP contribution is 2.26. The largest absolute Gasteiger partial charge is 0.467 e. The molecule has 5 aromatic rings. The minimum atomic E-state index is -0.294. The van der Waals surface area contributed by atoms with Crippen LogP contribution in [0, 0.1) is 5.82 Å². The number of carbonyl (C=O) groups is 1. The molecule has 34 heavy (non-hydrogen) atoms. The van der Waals surface area contributed by atoms with Gasteiger partial charge in [-0.3, -0.25) is 14.3 Å². The van der Waals surface area contributed by atoms with Crippen molar-refractivity contribution in [1.82, 2.24) is 24.7 Å². The number of halogens is 1. The molecule has 0 saturated carbocycles. The van der Waals surface area contributed by atoms with Crippen LogP contribution < -0.4 is 0 Å². The summed E-state index contributed by atoms with van der Waals surface area (Å²) < 4.78 is 20.6. The Kier molecular flexibility index (Phi) is 6.59. The van der Waals surface area contributed by atoms with Crippen molar-refractivity contribution in [3.63, 3.8) is 0 Å². The molecule has 0 aliphatic heterocycles. The molecule has 7 nitrogen and oxygen atoms in total. The van der Waals surface area contributed by atoms with Crippen molar-refractivity contribution in [1.29, 1.82) is 0 Å². The molecule has 0 saturated heterocycles. The van der Waals surface area contributed by atoms with E-state index >= 15 is 0 Å².